The normalized spacial score (nSPS) is 14.1. The quantitative estimate of drug-likeness (QED) is 0.444. The lowest BCUT2D eigenvalue weighted by atomic mass is 9.89. The van der Waals surface area contributed by atoms with Crippen molar-refractivity contribution in [1.29, 1.82) is 0 Å². The molecular weight excluding hydrogens is 410 g/mol. The van der Waals surface area contributed by atoms with Crippen LogP contribution in [0.1, 0.15) is 43.8 Å². The lowest BCUT2D eigenvalue weighted by Gasteiger charge is -2.27. The van der Waals surface area contributed by atoms with Gasteiger partial charge in [0.1, 0.15) is 17.3 Å². The molecule has 8 heteroatoms. The smallest absolute Gasteiger partial charge is 0.271 e. The number of alkyl halides is 3. The number of benzene rings is 1. The summed E-state index contributed by atoms with van der Waals surface area (Å²) in [6, 6.07) is 8.58. The second-order valence-corrected chi connectivity index (χ2v) is 7.73. The fourth-order valence-electron chi connectivity index (χ4n) is 3.46. The number of imidazole rings is 1. The van der Waals surface area contributed by atoms with Crippen molar-refractivity contribution < 1.29 is 22.7 Å². The third kappa shape index (κ3) is 5.12. The highest BCUT2D eigenvalue weighted by atomic mass is 19.3. The summed E-state index contributed by atoms with van der Waals surface area (Å²) in [5.41, 5.74) is -2.30. The van der Waals surface area contributed by atoms with Gasteiger partial charge in [-0.1, -0.05) is 38.1 Å². The topological polar surface area (TPSA) is 61.8 Å². The van der Waals surface area contributed by atoms with Crippen LogP contribution in [-0.4, -0.2) is 32.2 Å². The van der Waals surface area contributed by atoms with Crippen molar-refractivity contribution >= 4 is 0 Å². The second kappa shape index (κ2) is 9.18. The van der Waals surface area contributed by atoms with Gasteiger partial charge in [0.05, 0.1) is 11.9 Å². The summed E-state index contributed by atoms with van der Waals surface area (Å²) in [6.07, 6.45) is -0.305. The number of nitrogens with one attached hydrogen (secondary N) is 1. The van der Waals surface area contributed by atoms with Crippen molar-refractivity contribution in [3.63, 3.8) is 0 Å². The lowest BCUT2D eigenvalue weighted by Crippen LogP contribution is -2.37. The Morgan fingerprint density at radius 2 is 1.65 bits per heavy atom. The molecule has 2 heterocycles. The summed E-state index contributed by atoms with van der Waals surface area (Å²) < 4.78 is 55.5. The van der Waals surface area contributed by atoms with E-state index in [2.05, 4.69) is 15.0 Å². The van der Waals surface area contributed by atoms with Crippen LogP contribution in [0, 0.1) is 5.82 Å². The molecule has 0 saturated heterocycles. The number of aromatic nitrogens is 3. The molecule has 0 radical (unpaired) electrons. The molecule has 0 aliphatic carbocycles. The highest BCUT2D eigenvalue weighted by Gasteiger charge is 2.41. The summed E-state index contributed by atoms with van der Waals surface area (Å²) in [7, 11) is 0. The first-order valence-corrected chi connectivity index (χ1v) is 10.1. The lowest BCUT2D eigenvalue weighted by molar-refractivity contribution is -0.102. The maximum Gasteiger partial charge on any atom is 0.271 e. The first-order chi connectivity index (χ1) is 14.7. The Kier molecular flexibility index (Phi) is 6.79. The first-order valence-electron chi connectivity index (χ1n) is 10.1. The van der Waals surface area contributed by atoms with Crippen LogP contribution in [0.4, 0.5) is 17.6 Å². The van der Waals surface area contributed by atoms with Crippen molar-refractivity contribution in [1.82, 2.24) is 15.0 Å². The summed E-state index contributed by atoms with van der Waals surface area (Å²) >= 11 is 0. The minimum Gasteiger partial charge on any atom is -0.379 e. The predicted octanol–water partition coefficient (Wildman–Crippen LogP) is 5.38. The zero-order chi connectivity index (χ0) is 22.6. The average Bonchev–Trinajstić information content (AvgIpc) is 3.20. The fraction of sp³-hybridized carbons (Fsp3) is 0.391. The molecule has 1 aromatic carbocycles. The predicted molar refractivity (Wildman–Crippen MR) is 110 cm³/mol. The van der Waals surface area contributed by atoms with Gasteiger partial charge in [0.25, 0.3) is 6.43 Å². The highest BCUT2D eigenvalue weighted by molar-refractivity contribution is 5.59. The van der Waals surface area contributed by atoms with E-state index < -0.39 is 29.9 Å². The summed E-state index contributed by atoms with van der Waals surface area (Å²) in [6.45, 7) is 3.50. The Hall–Kier alpha value is -2.74. The Labute approximate surface area is 178 Å². The van der Waals surface area contributed by atoms with Gasteiger partial charge in [0.15, 0.2) is 5.60 Å². The first kappa shape index (κ1) is 22.9. The van der Waals surface area contributed by atoms with Crippen molar-refractivity contribution in [2.75, 3.05) is 0 Å². The molecule has 1 atom stereocenters. The largest absolute Gasteiger partial charge is 0.379 e. The number of nitrogens with zero attached hydrogens (tertiary/aromatic N) is 2. The van der Waals surface area contributed by atoms with Crippen LogP contribution < -0.4 is 0 Å². The Morgan fingerprint density at radius 1 is 0.968 bits per heavy atom. The molecule has 31 heavy (non-hydrogen) atoms. The molecule has 0 aliphatic heterocycles. The summed E-state index contributed by atoms with van der Waals surface area (Å²) in [4.78, 5) is 10.9. The molecule has 2 N–H and O–H groups in total. The van der Waals surface area contributed by atoms with Crippen molar-refractivity contribution in [2.24, 2.45) is 0 Å². The number of rotatable bonds is 9. The van der Waals surface area contributed by atoms with Crippen LogP contribution in [0.15, 0.2) is 48.8 Å². The zero-order valence-corrected chi connectivity index (χ0v) is 17.4. The van der Waals surface area contributed by atoms with Crippen LogP contribution in [0.25, 0.3) is 11.3 Å². The molecule has 4 nitrogen and oxygen atoms in total. The fourth-order valence-corrected chi connectivity index (χ4v) is 3.46. The van der Waals surface area contributed by atoms with E-state index in [0.717, 1.165) is 6.20 Å². The number of pyridine rings is 1. The van der Waals surface area contributed by atoms with Gasteiger partial charge in [-0.15, -0.1) is 0 Å². The average molecular weight is 435 g/mol. The Morgan fingerprint density at radius 3 is 2.19 bits per heavy atom. The highest BCUT2D eigenvalue weighted by Crippen LogP contribution is 2.33. The van der Waals surface area contributed by atoms with E-state index in [1.54, 1.807) is 13.8 Å². The van der Waals surface area contributed by atoms with Gasteiger partial charge >= 0.3 is 0 Å². The second-order valence-electron chi connectivity index (χ2n) is 7.73. The van der Waals surface area contributed by atoms with Gasteiger partial charge in [0, 0.05) is 30.3 Å². The number of halogens is 4. The van der Waals surface area contributed by atoms with Gasteiger partial charge < -0.3 is 10.1 Å². The Bertz CT molecular complexity index is 985. The van der Waals surface area contributed by atoms with Crippen LogP contribution >= 0.6 is 0 Å². The summed E-state index contributed by atoms with van der Waals surface area (Å²) in [5.74, 6) is -0.329. The maximum atomic E-state index is 14.6. The van der Waals surface area contributed by atoms with E-state index >= 15 is 0 Å². The van der Waals surface area contributed by atoms with Crippen molar-refractivity contribution in [2.45, 2.75) is 57.2 Å². The third-order valence-corrected chi connectivity index (χ3v) is 5.66. The van der Waals surface area contributed by atoms with E-state index in [1.807, 2.05) is 0 Å². The van der Waals surface area contributed by atoms with Crippen molar-refractivity contribution in [3.8, 4) is 11.3 Å². The molecule has 3 aromatic rings. The molecule has 0 aliphatic rings. The standard InChI is InChI=1S/C23H25F4N3O/c1-3-22(27,4-2)11-18-14-29-20(30-18)12-23(31,21(25)26)16-7-5-15(6-8-16)19-10-9-17(24)13-28-19/h5-10,13-14,21,31H,3-4,11-12H2,1-2H3,(H,29,30). The van der Waals surface area contributed by atoms with E-state index in [-0.39, 0.29) is 17.8 Å². The number of hydrogen-bond acceptors (Lipinski definition) is 3. The minimum atomic E-state index is -3.08. The number of hydrogen-bond donors (Lipinski definition) is 2. The van der Waals surface area contributed by atoms with Gasteiger partial charge in [-0.25, -0.2) is 22.5 Å². The molecule has 2 aromatic heterocycles. The SMILES string of the molecule is CCC(F)(CC)Cc1cnc(CC(O)(c2ccc(-c3ccc(F)cn3)cc2)C(F)F)[nH]1. The van der Waals surface area contributed by atoms with Crippen molar-refractivity contribution in [3.05, 3.63) is 71.7 Å². The molecule has 0 saturated carbocycles. The molecule has 0 amide bonds. The zero-order valence-electron chi connectivity index (χ0n) is 17.4. The van der Waals surface area contributed by atoms with Crippen LogP contribution in [0.2, 0.25) is 0 Å². The molecule has 166 valence electrons. The van der Waals surface area contributed by atoms with Gasteiger partial charge in [-0.05, 0) is 30.5 Å². The van der Waals surface area contributed by atoms with Crippen LogP contribution in [0.5, 0.6) is 0 Å². The molecule has 0 spiro atoms. The van der Waals surface area contributed by atoms with Gasteiger partial charge in [-0.2, -0.15) is 0 Å². The van der Waals surface area contributed by atoms with E-state index in [4.69, 9.17) is 0 Å². The van der Waals surface area contributed by atoms with Crippen LogP contribution in [0.3, 0.4) is 0 Å². The summed E-state index contributed by atoms with van der Waals surface area (Å²) in [5, 5.41) is 10.8. The van der Waals surface area contributed by atoms with Crippen LogP contribution in [-0.2, 0) is 18.4 Å². The van der Waals surface area contributed by atoms with Gasteiger partial charge in [0.2, 0.25) is 0 Å². The maximum absolute atomic E-state index is 14.6. The van der Waals surface area contributed by atoms with E-state index in [1.165, 1.54) is 42.6 Å². The van der Waals surface area contributed by atoms with Gasteiger partial charge in [-0.3, -0.25) is 4.98 Å². The number of H-pyrrole nitrogens is 1. The molecule has 3 rings (SSSR count). The van der Waals surface area contributed by atoms with E-state index in [9.17, 15) is 22.7 Å². The molecular formula is C23H25F4N3O. The monoisotopic (exact) mass is 435 g/mol. The third-order valence-electron chi connectivity index (χ3n) is 5.66. The molecule has 0 fully saturated rings. The number of aliphatic hydroxyl groups is 1. The Balaban J connectivity index is 1.81. The minimum absolute atomic E-state index is 0.00765. The van der Waals surface area contributed by atoms with E-state index in [0.29, 0.717) is 29.8 Å². The molecule has 0 bridgehead atoms. The number of aromatic amines is 1. The molecule has 1 unspecified atom stereocenters.